The van der Waals surface area contributed by atoms with Gasteiger partial charge in [-0.1, -0.05) is 6.07 Å². The summed E-state index contributed by atoms with van der Waals surface area (Å²) in [7, 11) is 0. The van der Waals surface area contributed by atoms with Crippen LogP contribution in [0.4, 0.5) is 19.1 Å². The molecule has 27 heavy (non-hydrogen) atoms. The Bertz CT molecular complexity index is 926. The summed E-state index contributed by atoms with van der Waals surface area (Å²) in [6.45, 7) is 2.91. The molecule has 2 aliphatic rings. The number of aromatic nitrogens is 2. The maximum Gasteiger partial charge on any atom is 0.417 e. The van der Waals surface area contributed by atoms with Crippen LogP contribution in [0, 0.1) is 0 Å². The number of halogens is 3. The van der Waals surface area contributed by atoms with Gasteiger partial charge in [0.2, 0.25) is 11.9 Å². The number of nitrogens with two attached hydrogens (primary N) is 1. The summed E-state index contributed by atoms with van der Waals surface area (Å²) < 4.78 is 40.4. The van der Waals surface area contributed by atoms with Gasteiger partial charge in [-0.3, -0.25) is 4.79 Å². The number of benzene rings is 1. The predicted octanol–water partition coefficient (Wildman–Crippen LogP) is 3.35. The Morgan fingerprint density at radius 1 is 1.26 bits per heavy atom. The molecule has 1 amide bonds. The highest BCUT2D eigenvalue weighted by Gasteiger charge is 2.36. The molecule has 5 nitrogen and oxygen atoms in total. The average Bonchev–Trinajstić information content (AvgIpc) is 3.07. The molecule has 0 unspecified atom stereocenters. The summed E-state index contributed by atoms with van der Waals surface area (Å²) in [5, 5.41) is 0. The zero-order valence-electron chi connectivity index (χ0n) is 14.8. The first-order chi connectivity index (χ1) is 12.8. The van der Waals surface area contributed by atoms with Gasteiger partial charge in [-0.25, -0.2) is 9.97 Å². The molecule has 0 bridgehead atoms. The molecule has 0 spiro atoms. The smallest absolute Gasteiger partial charge is 0.366 e. The van der Waals surface area contributed by atoms with Gasteiger partial charge in [-0.05, 0) is 44.7 Å². The van der Waals surface area contributed by atoms with Crippen molar-refractivity contribution in [3.05, 3.63) is 40.6 Å². The Labute approximate surface area is 154 Å². The van der Waals surface area contributed by atoms with E-state index in [1.54, 1.807) is 0 Å². The number of amides is 1. The lowest BCUT2D eigenvalue weighted by Gasteiger charge is -2.39. The molecular formula is C19H19F3N4O. The van der Waals surface area contributed by atoms with E-state index in [-0.39, 0.29) is 0 Å². The third kappa shape index (κ3) is 3.02. The number of carbonyl (C=O) groups is 1. The van der Waals surface area contributed by atoms with Crippen molar-refractivity contribution in [1.82, 2.24) is 9.97 Å². The molecule has 0 saturated carbocycles. The molecular weight excluding hydrogens is 357 g/mol. The molecule has 2 heterocycles. The van der Waals surface area contributed by atoms with Gasteiger partial charge in [-0.15, -0.1) is 0 Å². The van der Waals surface area contributed by atoms with Crippen LogP contribution in [0.15, 0.2) is 18.2 Å². The van der Waals surface area contributed by atoms with E-state index >= 15 is 0 Å². The molecule has 1 saturated heterocycles. The summed E-state index contributed by atoms with van der Waals surface area (Å²) in [6.07, 6.45) is -1.20. The van der Waals surface area contributed by atoms with Crippen molar-refractivity contribution in [3.63, 3.8) is 0 Å². The lowest BCUT2D eigenvalue weighted by Crippen LogP contribution is -2.46. The molecule has 1 aliphatic carbocycles. The highest BCUT2D eigenvalue weighted by molar-refractivity contribution is 5.95. The van der Waals surface area contributed by atoms with Crippen LogP contribution in [0.3, 0.4) is 0 Å². The van der Waals surface area contributed by atoms with Crippen molar-refractivity contribution in [2.24, 2.45) is 5.73 Å². The van der Waals surface area contributed by atoms with Crippen molar-refractivity contribution in [1.29, 1.82) is 0 Å². The quantitative estimate of drug-likeness (QED) is 0.892. The average molecular weight is 376 g/mol. The summed E-state index contributed by atoms with van der Waals surface area (Å²) >= 11 is 0. The number of rotatable bonds is 3. The van der Waals surface area contributed by atoms with Gasteiger partial charge in [0.15, 0.2) is 0 Å². The van der Waals surface area contributed by atoms with Crippen molar-refractivity contribution in [2.75, 3.05) is 11.4 Å². The first-order valence-electron chi connectivity index (χ1n) is 8.93. The summed E-state index contributed by atoms with van der Waals surface area (Å²) in [4.78, 5) is 22.7. The third-order valence-corrected chi connectivity index (χ3v) is 5.36. The maximum absolute atomic E-state index is 13.5. The molecule has 2 N–H and O–H groups in total. The van der Waals surface area contributed by atoms with E-state index in [4.69, 9.17) is 5.73 Å². The molecule has 8 heteroatoms. The van der Waals surface area contributed by atoms with E-state index < -0.39 is 23.2 Å². The lowest BCUT2D eigenvalue weighted by molar-refractivity contribution is -0.137. The predicted molar refractivity (Wildman–Crippen MR) is 94.4 cm³/mol. The van der Waals surface area contributed by atoms with Gasteiger partial charge in [0, 0.05) is 29.4 Å². The number of fused-ring (bicyclic) bond motifs is 1. The number of hydrogen-bond donors (Lipinski definition) is 1. The molecule has 142 valence electrons. The minimum Gasteiger partial charge on any atom is -0.366 e. The molecule has 1 atom stereocenters. The van der Waals surface area contributed by atoms with Crippen LogP contribution in [0.2, 0.25) is 0 Å². The van der Waals surface area contributed by atoms with E-state index in [9.17, 15) is 18.0 Å². The maximum atomic E-state index is 13.5. The van der Waals surface area contributed by atoms with Crippen LogP contribution in [0.5, 0.6) is 0 Å². The van der Waals surface area contributed by atoms with Crippen LogP contribution >= 0.6 is 0 Å². The second-order valence-corrected chi connectivity index (χ2v) is 7.10. The Hall–Kier alpha value is -2.64. The number of hydrogen-bond acceptors (Lipinski definition) is 4. The molecule has 1 aromatic carbocycles. The van der Waals surface area contributed by atoms with Crippen LogP contribution < -0.4 is 10.6 Å². The SMILES string of the molecule is C[C@H]1CCN1c1nc2c(c(-c3ccc(C(N)=O)c(C(F)(F)F)c3)n1)CCC2. The molecule has 4 rings (SSSR count). The van der Waals surface area contributed by atoms with E-state index in [0.29, 0.717) is 23.2 Å². The first-order valence-corrected chi connectivity index (χ1v) is 8.93. The van der Waals surface area contributed by atoms with Crippen LogP contribution in [-0.2, 0) is 19.0 Å². The van der Waals surface area contributed by atoms with E-state index in [1.807, 2.05) is 0 Å². The number of nitrogens with zero attached hydrogens (tertiary/aromatic N) is 3. The van der Waals surface area contributed by atoms with Crippen molar-refractivity contribution < 1.29 is 18.0 Å². The van der Waals surface area contributed by atoms with Crippen LogP contribution in [0.1, 0.15) is 46.9 Å². The minimum absolute atomic E-state index is 0.320. The van der Waals surface area contributed by atoms with Gasteiger partial charge in [0.25, 0.3) is 0 Å². The molecule has 1 aromatic heterocycles. The van der Waals surface area contributed by atoms with Crippen molar-refractivity contribution in [3.8, 4) is 11.3 Å². The van der Waals surface area contributed by atoms with Crippen LogP contribution in [-0.4, -0.2) is 28.5 Å². The van der Waals surface area contributed by atoms with Crippen molar-refractivity contribution >= 4 is 11.9 Å². The summed E-state index contributed by atoms with van der Waals surface area (Å²) in [6, 6.07) is 3.92. The van der Waals surface area contributed by atoms with Gasteiger partial charge in [0.05, 0.1) is 16.8 Å². The number of alkyl halides is 3. The molecule has 2 aromatic rings. The number of aryl methyl sites for hydroxylation is 1. The Balaban J connectivity index is 1.87. The van der Waals surface area contributed by atoms with E-state index in [1.165, 1.54) is 6.07 Å². The first kappa shape index (κ1) is 17.8. The second kappa shape index (κ2) is 6.21. The van der Waals surface area contributed by atoms with Crippen LogP contribution in [0.25, 0.3) is 11.3 Å². The number of carbonyl (C=O) groups excluding carboxylic acids is 1. The fraction of sp³-hybridized carbons (Fsp3) is 0.421. The standard InChI is InChI=1S/C19H19F3N4O/c1-10-7-8-26(10)18-24-15-4-2-3-13(15)16(25-18)11-5-6-12(17(23)27)14(9-11)19(20,21)22/h5-6,9-10H,2-4,7-8H2,1H3,(H2,23,27)/t10-/m0/s1. The summed E-state index contributed by atoms with van der Waals surface area (Å²) in [5.41, 5.74) is 6.22. The fourth-order valence-electron chi connectivity index (χ4n) is 3.74. The molecule has 1 fully saturated rings. The summed E-state index contributed by atoms with van der Waals surface area (Å²) in [5.74, 6) is -0.533. The number of anilines is 1. The zero-order chi connectivity index (χ0) is 19.3. The number of primary amides is 1. The normalized spacial score (nSPS) is 19.0. The second-order valence-electron chi connectivity index (χ2n) is 7.10. The van der Waals surface area contributed by atoms with Gasteiger partial charge in [0.1, 0.15) is 0 Å². The van der Waals surface area contributed by atoms with E-state index in [2.05, 4.69) is 21.8 Å². The highest BCUT2D eigenvalue weighted by atomic mass is 19.4. The van der Waals surface area contributed by atoms with Crippen molar-refractivity contribution in [2.45, 2.75) is 44.8 Å². The largest absolute Gasteiger partial charge is 0.417 e. The zero-order valence-corrected chi connectivity index (χ0v) is 14.8. The van der Waals surface area contributed by atoms with E-state index in [0.717, 1.165) is 55.6 Å². The third-order valence-electron chi connectivity index (χ3n) is 5.36. The lowest BCUT2D eigenvalue weighted by atomic mass is 9.98. The molecule has 0 radical (unpaired) electrons. The topological polar surface area (TPSA) is 72.1 Å². The molecule has 1 aliphatic heterocycles. The van der Waals surface area contributed by atoms with Gasteiger partial charge >= 0.3 is 6.18 Å². The Kier molecular flexibility index (Phi) is 4.09. The van der Waals surface area contributed by atoms with Gasteiger partial charge in [-0.2, -0.15) is 13.2 Å². The minimum atomic E-state index is -4.68. The monoisotopic (exact) mass is 376 g/mol. The fourth-order valence-corrected chi connectivity index (χ4v) is 3.74. The van der Waals surface area contributed by atoms with Gasteiger partial charge < -0.3 is 10.6 Å². The Morgan fingerprint density at radius 2 is 2.04 bits per heavy atom. The Morgan fingerprint density at radius 3 is 2.63 bits per heavy atom. The highest BCUT2D eigenvalue weighted by Crippen LogP contribution is 2.38.